The maximum Gasteiger partial charge on any atom is 0.125 e. The largest absolute Gasteiger partial charge is 0.489 e. The van der Waals surface area contributed by atoms with E-state index in [1.165, 1.54) is 0 Å². The van der Waals surface area contributed by atoms with Crippen LogP contribution >= 0.6 is 0 Å². The highest BCUT2D eigenvalue weighted by molar-refractivity contribution is 5.47. The molecule has 1 rings (SSSR count). The van der Waals surface area contributed by atoms with Crippen molar-refractivity contribution in [3.05, 3.63) is 41.0 Å². The van der Waals surface area contributed by atoms with Gasteiger partial charge in [0, 0.05) is 0 Å². The van der Waals surface area contributed by atoms with Crippen molar-refractivity contribution in [3.8, 4) is 11.8 Å². The molecule has 15 heavy (non-hydrogen) atoms. The molecule has 2 nitrogen and oxygen atoms in total. The van der Waals surface area contributed by atoms with Crippen molar-refractivity contribution in [1.82, 2.24) is 0 Å². The van der Waals surface area contributed by atoms with Gasteiger partial charge in [0.05, 0.1) is 11.6 Å². The van der Waals surface area contributed by atoms with Crippen LogP contribution in [0.5, 0.6) is 5.75 Å². The number of rotatable bonds is 3. The smallest absolute Gasteiger partial charge is 0.125 e. The molecule has 0 heterocycles. The Balaban J connectivity index is 2.99. The molecule has 0 radical (unpaired) electrons. The van der Waals surface area contributed by atoms with E-state index in [9.17, 15) is 0 Å². The van der Waals surface area contributed by atoms with Gasteiger partial charge in [-0.05, 0) is 49.6 Å². The van der Waals surface area contributed by atoms with Crippen LogP contribution in [-0.4, -0.2) is 6.61 Å². The Bertz CT molecular complexity index is 404. The predicted octanol–water partition coefficient (Wildman–Crippen LogP) is 3.13. The highest BCUT2D eigenvalue weighted by Gasteiger charge is 2.06. The first-order chi connectivity index (χ1) is 7.04. The lowest BCUT2D eigenvalue weighted by atomic mass is 10.1. The zero-order valence-electron chi connectivity index (χ0n) is 9.42. The average Bonchev–Trinajstić information content (AvgIpc) is 2.15. The second-order valence-electron chi connectivity index (χ2n) is 3.80. The van der Waals surface area contributed by atoms with E-state index < -0.39 is 0 Å². The number of nitrogens with zero attached hydrogens (tertiary/aromatic N) is 1. The molecule has 1 aromatic rings. The van der Waals surface area contributed by atoms with Crippen LogP contribution in [0.25, 0.3) is 0 Å². The zero-order chi connectivity index (χ0) is 11.4. The zero-order valence-corrected chi connectivity index (χ0v) is 9.42. The van der Waals surface area contributed by atoms with E-state index in [2.05, 4.69) is 12.6 Å². The fourth-order valence-electron chi connectivity index (χ4n) is 1.44. The molecule has 0 saturated heterocycles. The molecule has 0 spiro atoms. The van der Waals surface area contributed by atoms with Crippen molar-refractivity contribution in [2.24, 2.45) is 0 Å². The van der Waals surface area contributed by atoms with Crippen molar-refractivity contribution in [1.29, 1.82) is 5.26 Å². The van der Waals surface area contributed by atoms with Crippen LogP contribution in [0.4, 0.5) is 0 Å². The van der Waals surface area contributed by atoms with E-state index in [4.69, 9.17) is 10.00 Å². The standard InChI is InChI=1S/C13H15NO/c1-9(2)8-15-13-10(3)5-12(7-14)6-11(13)4/h5-6H,1,8H2,2-4H3. The average molecular weight is 201 g/mol. The predicted molar refractivity (Wildman–Crippen MR) is 60.9 cm³/mol. The van der Waals surface area contributed by atoms with Gasteiger partial charge < -0.3 is 4.74 Å². The molecule has 2 heteroatoms. The molecule has 0 unspecified atom stereocenters. The van der Waals surface area contributed by atoms with Crippen molar-refractivity contribution in [2.75, 3.05) is 6.61 Å². The third kappa shape index (κ3) is 2.85. The lowest BCUT2D eigenvalue weighted by Crippen LogP contribution is -2.01. The van der Waals surface area contributed by atoms with E-state index in [1.807, 2.05) is 32.9 Å². The molecule has 1 aromatic carbocycles. The maximum absolute atomic E-state index is 8.79. The van der Waals surface area contributed by atoms with Crippen LogP contribution in [0.3, 0.4) is 0 Å². The number of ether oxygens (including phenoxy) is 1. The second kappa shape index (κ2) is 4.65. The Morgan fingerprint density at radius 2 is 1.93 bits per heavy atom. The Morgan fingerprint density at radius 3 is 2.33 bits per heavy atom. The van der Waals surface area contributed by atoms with Gasteiger partial charge in [0.2, 0.25) is 0 Å². The maximum atomic E-state index is 8.79. The number of aryl methyl sites for hydroxylation is 2. The fraction of sp³-hybridized carbons (Fsp3) is 0.308. The van der Waals surface area contributed by atoms with E-state index in [-0.39, 0.29) is 0 Å². The third-order valence-electron chi connectivity index (χ3n) is 2.05. The van der Waals surface area contributed by atoms with Crippen LogP contribution in [0.15, 0.2) is 24.3 Å². The molecule has 0 aliphatic carbocycles. The highest BCUT2D eigenvalue weighted by Crippen LogP contribution is 2.24. The number of nitriles is 1. The van der Waals surface area contributed by atoms with E-state index in [0.29, 0.717) is 12.2 Å². The summed E-state index contributed by atoms with van der Waals surface area (Å²) in [4.78, 5) is 0. The molecule has 0 N–H and O–H groups in total. The third-order valence-corrected chi connectivity index (χ3v) is 2.05. The van der Waals surface area contributed by atoms with Crippen molar-refractivity contribution < 1.29 is 4.74 Å². The summed E-state index contributed by atoms with van der Waals surface area (Å²) in [5.74, 6) is 0.858. The van der Waals surface area contributed by atoms with Crippen LogP contribution in [0.1, 0.15) is 23.6 Å². The van der Waals surface area contributed by atoms with Gasteiger partial charge in [-0.1, -0.05) is 6.58 Å². The van der Waals surface area contributed by atoms with E-state index >= 15 is 0 Å². The minimum Gasteiger partial charge on any atom is -0.489 e. The van der Waals surface area contributed by atoms with Crippen molar-refractivity contribution >= 4 is 0 Å². The molecular formula is C13H15NO. The molecule has 0 amide bonds. The Morgan fingerprint density at radius 1 is 1.40 bits per heavy atom. The summed E-state index contributed by atoms with van der Waals surface area (Å²) < 4.78 is 5.62. The van der Waals surface area contributed by atoms with Gasteiger partial charge in [-0.2, -0.15) is 5.26 Å². The summed E-state index contributed by atoms with van der Waals surface area (Å²) in [7, 11) is 0. The number of hydrogen-bond donors (Lipinski definition) is 0. The molecule has 0 bridgehead atoms. The molecule has 0 aromatic heterocycles. The minimum absolute atomic E-state index is 0.521. The Hall–Kier alpha value is -1.75. The molecule has 78 valence electrons. The van der Waals surface area contributed by atoms with Crippen molar-refractivity contribution in [2.45, 2.75) is 20.8 Å². The first-order valence-electron chi connectivity index (χ1n) is 4.83. The van der Waals surface area contributed by atoms with Crippen LogP contribution in [0.2, 0.25) is 0 Å². The summed E-state index contributed by atoms with van der Waals surface area (Å²) in [5.41, 5.74) is 3.64. The Kier molecular flexibility index (Phi) is 3.51. The van der Waals surface area contributed by atoms with Crippen molar-refractivity contribution in [3.63, 3.8) is 0 Å². The summed E-state index contributed by atoms with van der Waals surface area (Å²) >= 11 is 0. The molecule has 0 aliphatic heterocycles. The fourth-order valence-corrected chi connectivity index (χ4v) is 1.44. The normalized spacial score (nSPS) is 9.47. The van der Waals surface area contributed by atoms with Crippen LogP contribution in [0, 0.1) is 25.2 Å². The topological polar surface area (TPSA) is 33.0 Å². The van der Waals surface area contributed by atoms with Gasteiger partial charge in [-0.25, -0.2) is 0 Å². The molecule has 0 aliphatic rings. The number of hydrogen-bond acceptors (Lipinski definition) is 2. The van der Waals surface area contributed by atoms with Crippen LogP contribution in [-0.2, 0) is 0 Å². The molecule has 0 fully saturated rings. The van der Waals surface area contributed by atoms with Gasteiger partial charge in [-0.15, -0.1) is 0 Å². The summed E-state index contributed by atoms with van der Waals surface area (Å²) in [6, 6.07) is 5.80. The quantitative estimate of drug-likeness (QED) is 0.704. The van der Waals surface area contributed by atoms with Gasteiger partial charge in [0.25, 0.3) is 0 Å². The lowest BCUT2D eigenvalue weighted by molar-refractivity contribution is 0.348. The summed E-state index contributed by atoms with van der Waals surface area (Å²) in [6.45, 7) is 10.1. The first kappa shape index (κ1) is 11.3. The van der Waals surface area contributed by atoms with Gasteiger partial charge >= 0.3 is 0 Å². The number of benzene rings is 1. The molecule has 0 atom stereocenters. The van der Waals surface area contributed by atoms with E-state index in [0.717, 1.165) is 22.4 Å². The second-order valence-corrected chi connectivity index (χ2v) is 3.80. The summed E-state index contributed by atoms with van der Waals surface area (Å²) in [6.07, 6.45) is 0. The van der Waals surface area contributed by atoms with Gasteiger partial charge in [0.15, 0.2) is 0 Å². The van der Waals surface area contributed by atoms with Gasteiger partial charge in [-0.3, -0.25) is 0 Å². The lowest BCUT2D eigenvalue weighted by Gasteiger charge is -2.12. The monoisotopic (exact) mass is 201 g/mol. The molecular weight excluding hydrogens is 186 g/mol. The summed E-state index contributed by atoms with van der Waals surface area (Å²) in [5, 5.41) is 8.79. The van der Waals surface area contributed by atoms with Gasteiger partial charge in [0.1, 0.15) is 12.4 Å². The SMILES string of the molecule is C=C(C)COc1c(C)cc(C#N)cc1C. The first-order valence-corrected chi connectivity index (χ1v) is 4.83. The molecule has 0 saturated carbocycles. The van der Waals surface area contributed by atoms with Crippen LogP contribution < -0.4 is 4.74 Å². The Labute approximate surface area is 90.8 Å². The highest BCUT2D eigenvalue weighted by atomic mass is 16.5. The van der Waals surface area contributed by atoms with E-state index in [1.54, 1.807) is 0 Å². The minimum atomic E-state index is 0.521.